The van der Waals surface area contributed by atoms with Gasteiger partial charge >= 0.3 is 6.36 Å². The van der Waals surface area contributed by atoms with Gasteiger partial charge in [-0.05, 0) is 44.6 Å². The molecule has 0 aliphatic carbocycles. The zero-order valence-corrected chi connectivity index (χ0v) is 18.6. The van der Waals surface area contributed by atoms with E-state index < -0.39 is 6.36 Å². The molecule has 7 nitrogen and oxygen atoms in total. The number of rotatable bonds is 4. The number of amides is 2. The summed E-state index contributed by atoms with van der Waals surface area (Å²) in [6.07, 6.45) is -2.63. The van der Waals surface area contributed by atoms with E-state index in [2.05, 4.69) is 9.89 Å². The second-order valence-electron chi connectivity index (χ2n) is 8.89. The molecule has 0 radical (unpaired) electrons. The lowest BCUT2D eigenvalue weighted by atomic mass is 9.77. The fraction of sp³-hybridized carbons (Fsp3) is 0.522. The van der Waals surface area contributed by atoms with Gasteiger partial charge in [0.1, 0.15) is 17.1 Å². The number of aryl methyl sites for hydroxylation is 2. The van der Waals surface area contributed by atoms with Gasteiger partial charge in [-0.3, -0.25) is 9.59 Å². The lowest BCUT2D eigenvalue weighted by Crippen LogP contribution is -2.45. The van der Waals surface area contributed by atoms with E-state index in [0.717, 1.165) is 19.3 Å². The molecule has 3 heterocycles. The van der Waals surface area contributed by atoms with Crippen molar-refractivity contribution >= 4 is 11.8 Å². The number of para-hydroxylation sites is 1. The smallest absolute Gasteiger partial charge is 0.405 e. The lowest BCUT2D eigenvalue weighted by molar-refractivity contribution is -0.274. The van der Waals surface area contributed by atoms with Crippen molar-refractivity contribution in [1.82, 2.24) is 15.0 Å². The Balaban J connectivity index is 1.36. The van der Waals surface area contributed by atoms with E-state index in [1.54, 1.807) is 29.7 Å². The highest BCUT2D eigenvalue weighted by Gasteiger charge is 2.43. The van der Waals surface area contributed by atoms with Crippen LogP contribution in [0.25, 0.3) is 0 Å². The van der Waals surface area contributed by atoms with Crippen LogP contribution in [0.4, 0.5) is 13.2 Å². The van der Waals surface area contributed by atoms with Crippen LogP contribution in [0.1, 0.15) is 46.6 Å². The van der Waals surface area contributed by atoms with E-state index in [0.29, 0.717) is 43.2 Å². The number of piperidine rings is 1. The summed E-state index contributed by atoms with van der Waals surface area (Å²) in [5.74, 6) is -0.156. The average Bonchev–Trinajstić information content (AvgIpc) is 3.32. The van der Waals surface area contributed by atoms with Crippen LogP contribution < -0.4 is 4.74 Å². The molecule has 1 spiro atoms. The first-order valence-electron chi connectivity index (χ1n) is 10.9. The predicted molar refractivity (Wildman–Crippen MR) is 112 cm³/mol. The number of benzene rings is 1. The van der Waals surface area contributed by atoms with E-state index >= 15 is 0 Å². The molecule has 33 heavy (non-hydrogen) atoms. The number of ether oxygens (including phenoxy) is 1. The third-order valence-corrected chi connectivity index (χ3v) is 6.69. The van der Waals surface area contributed by atoms with Crippen molar-refractivity contribution in [3.05, 3.63) is 46.8 Å². The number of alkyl halides is 3. The molecule has 2 aromatic rings. The summed E-state index contributed by atoms with van der Waals surface area (Å²) < 4.78 is 47.2. The van der Waals surface area contributed by atoms with Gasteiger partial charge in [-0.25, -0.2) is 0 Å². The van der Waals surface area contributed by atoms with Crippen molar-refractivity contribution in [3.63, 3.8) is 0 Å². The van der Waals surface area contributed by atoms with Crippen molar-refractivity contribution in [2.45, 2.75) is 45.9 Å². The van der Waals surface area contributed by atoms with E-state index in [9.17, 15) is 22.8 Å². The monoisotopic (exact) mass is 465 g/mol. The third kappa shape index (κ3) is 4.99. The SMILES string of the molecule is Cc1noc(C)c1C(=O)N1CCC2(CCN(C(=O)Cc3ccccc3OC(F)(F)F)C2)CC1. The molecule has 10 heteroatoms. The highest BCUT2D eigenvalue weighted by molar-refractivity contribution is 5.96. The van der Waals surface area contributed by atoms with Gasteiger partial charge in [0.05, 0.1) is 12.1 Å². The summed E-state index contributed by atoms with van der Waals surface area (Å²) in [6, 6.07) is 5.72. The van der Waals surface area contributed by atoms with Crippen molar-refractivity contribution in [2.75, 3.05) is 26.2 Å². The summed E-state index contributed by atoms with van der Waals surface area (Å²) in [7, 11) is 0. The molecule has 2 aliphatic heterocycles. The van der Waals surface area contributed by atoms with Gasteiger partial charge in [0.15, 0.2) is 0 Å². The van der Waals surface area contributed by atoms with Crippen molar-refractivity contribution < 1.29 is 32.0 Å². The number of hydrogen-bond donors (Lipinski definition) is 0. The van der Waals surface area contributed by atoms with Crippen LogP contribution in [0.2, 0.25) is 0 Å². The number of carbonyl (C=O) groups excluding carboxylic acids is 2. The minimum atomic E-state index is -4.81. The zero-order valence-electron chi connectivity index (χ0n) is 18.6. The van der Waals surface area contributed by atoms with Gasteiger partial charge in [-0.15, -0.1) is 13.2 Å². The molecule has 2 amide bonds. The molecule has 2 fully saturated rings. The number of aromatic nitrogens is 1. The number of nitrogens with zero attached hydrogens (tertiary/aromatic N) is 3. The average molecular weight is 465 g/mol. The van der Waals surface area contributed by atoms with Crippen molar-refractivity contribution in [2.24, 2.45) is 5.41 Å². The van der Waals surface area contributed by atoms with Crippen molar-refractivity contribution in [1.29, 1.82) is 0 Å². The summed E-state index contributed by atoms with van der Waals surface area (Å²) >= 11 is 0. The molecule has 0 atom stereocenters. The van der Waals surface area contributed by atoms with Gasteiger partial charge in [0.25, 0.3) is 5.91 Å². The van der Waals surface area contributed by atoms with Crippen LogP contribution in [-0.4, -0.2) is 59.3 Å². The first-order valence-corrected chi connectivity index (χ1v) is 10.9. The normalized spacial score (nSPS) is 18.1. The molecule has 1 aromatic carbocycles. The highest BCUT2D eigenvalue weighted by atomic mass is 19.4. The minimum absolute atomic E-state index is 0.0762. The Morgan fingerprint density at radius 1 is 1.09 bits per heavy atom. The lowest BCUT2D eigenvalue weighted by Gasteiger charge is -2.39. The second-order valence-corrected chi connectivity index (χ2v) is 8.89. The van der Waals surface area contributed by atoms with Crippen LogP contribution in [0.3, 0.4) is 0 Å². The first-order chi connectivity index (χ1) is 15.6. The van der Waals surface area contributed by atoms with Gasteiger partial charge < -0.3 is 19.1 Å². The number of carbonyl (C=O) groups is 2. The standard InChI is InChI=1S/C23H26F3N3O4/c1-15-20(16(2)33-27-15)21(31)28-10-7-22(8-11-28)9-12-29(14-22)19(30)13-17-5-3-4-6-18(17)32-23(24,25)26/h3-6H,7-14H2,1-2H3. The Labute approximate surface area is 189 Å². The number of likely N-dealkylation sites (tertiary alicyclic amines) is 2. The van der Waals surface area contributed by atoms with Gasteiger partial charge in [0, 0.05) is 31.7 Å². The molecule has 0 bridgehead atoms. The van der Waals surface area contributed by atoms with Gasteiger partial charge in [-0.2, -0.15) is 0 Å². The van der Waals surface area contributed by atoms with Crippen molar-refractivity contribution in [3.8, 4) is 5.75 Å². The Hall–Kier alpha value is -3.04. The topological polar surface area (TPSA) is 75.9 Å². The summed E-state index contributed by atoms with van der Waals surface area (Å²) in [5, 5.41) is 3.85. The van der Waals surface area contributed by atoms with E-state index in [1.165, 1.54) is 18.2 Å². The fourth-order valence-corrected chi connectivity index (χ4v) is 4.84. The molecule has 0 saturated carbocycles. The quantitative estimate of drug-likeness (QED) is 0.685. The molecule has 4 rings (SSSR count). The molecule has 2 aliphatic rings. The maximum Gasteiger partial charge on any atom is 0.573 e. The molecule has 1 aromatic heterocycles. The Morgan fingerprint density at radius 3 is 2.33 bits per heavy atom. The largest absolute Gasteiger partial charge is 0.573 e. The first kappa shape index (κ1) is 23.1. The van der Waals surface area contributed by atoms with Gasteiger partial charge in [-0.1, -0.05) is 23.4 Å². The Bertz CT molecular complexity index is 1020. The molecule has 0 unspecified atom stereocenters. The minimum Gasteiger partial charge on any atom is -0.405 e. The fourth-order valence-electron chi connectivity index (χ4n) is 4.84. The van der Waals surface area contributed by atoms with E-state index in [-0.39, 0.29) is 35.0 Å². The maximum atomic E-state index is 12.9. The van der Waals surface area contributed by atoms with Crippen LogP contribution in [0, 0.1) is 19.3 Å². The zero-order chi connectivity index (χ0) is 23.8. The molecule has 0 N–H and O–H groups in total. The number of halogens is 3. The summed E-state index contributed by atoms with van der Waals surface area (Å²) in [4.78, 5) is 29.3. The Kier molecular flexibility index (Phi) is 6.11. The molecular weight excluding hydrogens is 439 g/mol. The number of hydrogen-bond acceptors (Lipinski definition) is 5. The van der Waals surface area contributed by atoms with Gasteiger partial charge in [0.2, 0.25) is 5.91 Å². The van der Waals surface area contributed by atoms with Crippen LogP contribution in [-0.2, 0) is 11.2 Å². The molecule has 178 valence electrons. The predicted octanol–water partition coefficient (Wildman–Crippen LogP) is 3.89. The van der Waals surface area contributed by atoms with Crippen LogP contribution in [0.15, 0.2) is 28.8 Å². The summed E-state index contributed by atoms with van der Waals surface area (Å²) in [5.41, 5.74) is 1.22. The Morgan fingerprint density at radius 2 is 1.73 bits per heavy atom. The molecule has 2 saturated heterocycles. The van der Waals surface area contributed by atoms with Crippen LogP contribution in [0.5, 0.6) is 5.75 Å². The third-order valence-electron chi connectivity index (χ3n) is 6.69. The highest BCUT2D eigenvalue weighted by Crippen LogP contribution is 2.41. The van der Waals surface area contributed by atoms with Crippen LogP contribution >= 0.6 is 0 Å². The second kappa shape index (κ2) is 8.72. The van der Waals surface area contributed by atoms with E-state index in [1.807, 2.05) is 0 Å². The maximum absolute atomic E-state index is 12.9. The van der Waals surface area contributed by atoms with E-state index in [4.69, 9.17) is 4.52 Å². The summed E-state index contributed by atoms with van der Waals surface area (Å²) in [6.45, 7) is 5.71. The molecular formula is C23H26F3N3O4.